The van der Waals surface area contributed by atoms with Crippen LogP contribution in [0.2, 0.25) is 0 Å². The van der Waals surface area contributed by atoms with Crippen molar-refractivity contribution < 1.29 is 9.53 Å². The summed E-state index contributed by atoms with van der Waals surface area (Å²) in [7, 11) is 0. The van der Waals surface area contributed by atoms with Gasteiger partial charge in [-0.1, -0.05) is 6.92 Å². The minimum Gasteiger partial charge on any atom is -0.378 e. The predicted molar refractivity (Wildman–Crippen MR) is 83.2 cm³/mol. The lowest BCUT2D eigenvalue weighted by Gasteiger charge is -2.34. The van der Waals surface area contributed by atoms with Crippen molar-refractivity contribution in [2.24, 2.45) is 0 Å². The summed E-state index contributed by atoms with van der Waals surface area (Å²) >= 11 is 0. The molecule has 21 heavy (non-hydrogen) atoms. The Bertz CT molecular complexity index is 355. The van der Waals surface area contributed by atoms with Gasteiger partial charge in [-0.15, -0.1) is 0 Å². The van der Waals surface area contributed by atoms with Gasteiger partial charge in [0.1, 0.15) is 0 Å². The molecule has 0 N–H and O–H groups in total. The van der Waals surface area contributed by atoms with E-state index < -0.39 is 0 Å². The zero-order chi connectivity index (χ0) is 14.7. The lowest BCUT2D eigenvalue weighted by Crippen LogP contribution is -2.48. The standard InChI is InChI=1S/C17H30N2O2/c1-2-18-11-3-7-15(18)16-8-4-12-19(16)17(20)10-9-14-6-5-13-21-14/h14-16H,2-13H2,1H3/t14-,15-,16+/m1/s1. The number of hydrogen-bond acceptors (Lipinski definition) is 3. The molecule has 1 amide bonds. The van der Waals surface area contributed by atoms with Gasteiger partial charge in [0.05, 0.1) is 6.10 Å². The van der Waals surface area contributed by atoms with Crippen LogP contribution in [0, 0.1) is 0 Å². The van der Waals surface area contributed by atoms with Crippen molar-refractivity contribution in [2.75, 3.05) is 26.2 Å². The van der Waals surface area contributed by atoms with Gasteiger partial charge in [-0.25, -0.2) is 0 Å². The van der Waals surface area contributed by atoms with Gasteiger partial charge < -0.3 is 9.64 Å². The molecular weight excluding hydrogens is 264 g/mol. The Balaban J connectivity index is 1.54. The van der Waals surface area contributed by atoms with Gasteiger partial charge in [0, 0.05) is 31.7 Å². The molecule has 3 heterocycles. The van der Waals surface area contributed by atoms with E-state index in [0.717, 1.165) is 32.5 Å². The number of amides is 1. The molecule has 0 saturated carbocycles. The van der Waals surface area contributed by atoms with Crippen LogP contribution in [0.5, 0.6) is 0 Å². The van der Waals surface area contributed by atoms with Crippen LogP contribution in [0.3, 0.4) is 0 Å². The second-order valence-corrected chi connectivity index (χ2v) is 6.81. The Hall–Kier alpha value is -0.610. The van der Waals surface area contributed by atoms with Crippen LogP contribution in [0.25, 0.3) is 0 Å². The minimum atomic E-state index is 0.341. The topological polar surface area (TPSA) is 32.8 Å². The smallest absolute Gasteiger partial charge is 0.222 e. The van der Waals surface area contributed by atoms with Crippen LogP contribution in [0.1, 0.15) is 58.3 Å². The monoisotopic (exact) mass is 294 g/mol. The van der Waals surface area contributed by atoms with Crippen molar-refractivity contribution in [1.29, 1.82) is 0 Å². The molecule has 120 valence electrons. The number of hydrogen-bond donors (Lipinski definition) is 0. The average Bonchev–Trinajstić information content (AvgIpc) is 3.23. The molecule has 3 saturated heterocycles. The minimum absolute atomic E-state index is 0.341. The van der Waals surface area contributed by atoms with Crippen molar-refractivity contribution in [3.63, 3.8) is 0 Å². The van der Waals surface area contributed by atoms with E-state index in [0.29, 0.717) is 30.5 Å². The summed E-state index contributed by atoms with van der Waals surface area (Å²) in [6, 6.07) is 1.09. The Kier molecular flexibility index (Phi) is 5.17. The van der Waals surface area contributed by atoms with Crippen molar-refractivity contribution in [3.05, 3.63) is 0 Å². The fraction of sp³-hybridized carbons (Fsp3) is 0.941. The van der Waals surface area contributed by atoms with Gasteiger partial charge in [0.2, 0.25) is 5.91 Å². The maximum atomic E-state index is 12.6. The van der Waals surface area contributed by atoms with E-state index >= 15 is 0 Å². The summed E-state index contributed by atoms with van der Waals surface area (Å²) in [4.78, 5) is 17.4. The first-order chi connectivity index (χ1) is 10.3. The van der Waals surface area contributed by atoms with Crippen LogP contribution in [-0.2, 0) is 9.53 Å². The molecule has 0 aromatic heterocycles. The molecule has 3 atom stereocenters. The van der Waals surface area contributed by atoms with E-state index in [-0.39, 0.29) is 0 Å². The van der Waals surface area contributed by atoms with E-state index in [1.54, 1.807) is 0 Å². The number of likely N-dealkylation sites (N-methyl/N-ethyl adjacent to an activating group) is 1. The Morgan fingerprint density at radius 2 is 1.90 bits per heavy atom. The number of nitrogens with zero attached hydrogens (tertiary/aromatic N) is 2. The number of carbonyl (C=O) groups is 1. The molecule has 3 rings (SSSR count). The molecule has 0 aromatic rings. The molecule has 0 spiro atoms. The largest absolute Gasteiger partial charge is 0.378 e. The number of likely N-dealkylation sites (tertiary alicyclic amines) is 2. The second-order valence-electron chi connectivity index (χ2n) is 6.81. The number of carbonyl (C=O) groups excluding carboxylic acids is 1. The van der Waals surface area contributed by atoms with Gasteiger partial charge in [-0.3, -0.25) is 9.69 Å². The third kappa shape index (κ3) is 3.42. The second kappa shape index (κ2) is 7.10. The van der Waals surface area contributed by atoms with E-state index in [1.165, 1.54) is 38.6 Å². The molecule has 3 fully saturated rings. The third-order valence-electron chi connectivity index (χ3n) is 5.59. The van der Waals surface area contributed by atoms with Gasteiger partial charge in [-0.05, 0) is 58.0 Å². The zero-order valence-corrected chi connectivity index (χ0v) is 13.4. The third-order valence-corrected chi connectivity index (χ3v) is 5.59. The molecule has 0 bridgehead atoms. The molecule has 3 aliphatic rings. The lowest BCUT2D eigenvalue weighted by molar-refractivity contribution is -0.133. The maximum absolute atomic E-state index is 12.6. The Morgan fingerprint density at radius 3 is 2.67 bits per heavy atom. The molecule has 3 aliphatic heterocycles. The van der Waals surface area contributed by atoms with Crippen molar-refractivity contribution in [2.45, 2.75) is 76.5 Å². The van der Waals surface area contributed by atoms with Crippen LogP contribution < -0.4 is 0 Å². The highest BCUT2D eigenvalue weighted by atomic mass is 16.5. The van der Waals surface area contributed by atoms with Gasteiger partial charge >= 0.3 is 0 Å². The highest BCUT2D eigenvalue weighted by molar-refractivity contribution is 5.77. The Morgan fingerprint density at radius 1 is 1.10 bits per heavy atom. The Labute approximate surface area is 128 Å². The van der Waals surface area contributed by atoms with Gasteiger partial charge in [-0.2, -0.15) is 0 Å². The first-order valence-corrected chi connectivity index (χ1v) is 8.94. The molecular formula is C17H30N2O2. The SMILES string of the molecule is CCN1CCC[C@@H]1[C@@H]1CCCN1C(=O)CC[C@H]1CCCO1. The summed E-state index contributed by atoms with van der Waals surface area (Å²) < 4.78 is 5.65. The van der Waals surface area contributed by atoms with E-state index in [2.05, 4.69) is 16.7 Å². The quantitative estimate of drug-likeness (QED) is 0.780. The molecule has 0 aliphatic carbocycles. The van der Waals surface area contributed by atoms with Gasteiger partial charge in [0.15, 0.2) is 0 Å². The summed E-state index contributed by atoms with van der Waals surface area (Å²) in [6.07, 6.45) is 9.21. The van der Waals surface area contributed by atoms with Crippen LogP contribution in [-0.4, -0.2) is 60.1 Å². The molecule has 0 unspecified atom stereocenters. The number of rotatable bonds is 5. The highest BCUT2D eigenvalue weighted by Gasteiger charge is 2.38. The van der Waals surface area contributed by atoms with Crippen LogP contribution >= 0.6 is 0 Å². The fourth-order valence-electron chi connectivity index (χ4n) is 4.48. The predicted octanol–water partition coefficient (Wildman–Crippen LogP) is 2.42. The zero-order valence-electron chi connectivity index (χ0n) is 13.4. The fourth-order valence-corrected chi connectivity index (χ4v) is 4.48. The van der Waals surface area contributed by atoms with E-state index in [4.69, 9.17) is 4.74 Å². The molecule has 0 aromatic carbocycles. The highest BCUT2D eigenvalue weighted by Crippen LogP contribution is 2.30. The first kappa shape index (κ1) is 15.3. The van der Waals surface area contributed by atoms with Crippen molar-refractivity contribution in [3.8, 4) is 0 Å². The summed E-state index contributed by atoms with van der Waals surface area (Å²) in [6.45, 7) is 6.45. The summed E-state index contributed by atoms with van der Waals surface area (Å²) in [5.74, 6) is 0.371. The average molecular weight is 294 g/mol. The van der Waals surface area contributed by atoms with E-state index in [9.17, 15) is 4.79 Å². The van der Waals surface area contributed by atoms with Crippen molar-refractivity contribution in [1.82, 2.24) is 9.80 Å². The van der Waals surface area contributed by atoms with Crippen molar-refractivity contribution >= 4 is 5.91 Å². The van der Waals surface area contributed by atoms with Gasteiger partial charge in [0.25, 0.3) is 0 Å². The summed E-state index contributed by atoms with van der Waals surface area (Å²) in [5, 5.41) is 0. The molecule has 0 radical (unpaired) electrons. The lowest BCUT2D eigenvalue weighted by atomic mass is 10.0. The number of ether oxygens (including phenoxy) is 1. The van der Waals surface area contributed by atoms with Crippen LogP contribution in [0.15, 0.2) is 0 Å². The normalized spacial score (nSPS) is 34.0. The summed E-state index contributed by atoms with van der Waals surface area (Å²) in [5.41, 5.74) is 0. The molecule has 4 nitrogen and oxygen atoms in total. The first-order valence-electron chi connectivity index (χ1n) is 8.94. The maximum Gasteiger partial charge on any atom is 0.222 e. The molecule has 4 heteroatoms. The van der Waals surface area contributed by atoms with Crippen LogP contribution in [0.4, 0.5) is 0 Å². The van der Waals surface area contributed by atoms with E-state index in [1.807, 2.05) is 0 Å².